The molecule has 0 bridgehead atoms. The molecule has 130 valence electrons. The van der Waals surface area contributed by atoms with Crippen molar-refractivity contribution in [1.82, 2.24) is 10.2 Å². The highest BCUT2D eigenvalue weighted by molar-refractivity contribution is 6.31. The van der Waals surface area contributed by atoms with Crippen LogP contribution in [0.3, 0.4) is 0 Å². The van der Waals surface area contributed by atoms with Crippen LogP contribution in [0.4, 0.5) is 4.79 Å². The van der Waals surface area contributed by atoms with Crippen molar-refractivity contribution >= 4 is 35.1 Å². The SMILES string of the molecule is CC1(c2cccc(Cl)c2)NC(=O)N(CCOc2ccc(Cl)cc2)C1=O. The standard InChI is InChI=1S/C18H16Cl2N2O3/c1-18(12-3-2-4-14(20)11-12)16(23)22(17(24)21-18)9-10-25-15-7-5-13(19)6-8-15/h2-8,11H,9-10H2,1H3,(H,21,24). The number of halogens is 2. The van der Waals surface area contributed by atoms with Crippen molar-refractivity contribution in [1.29, 1.82) is 0 Å². The maximum Gasteiger partial charge on any atom is 0.325 e. The van der Waals surface area contributed by atoms with Crippen molar-refractivity contribution in [3.63, 3.8) is 0 Å². The van der Waals surface area contributed by atoms with Gasteiger partial charge in [-0.05, 0) is 48.9 Å². The second-order valence-electron chi connectivity index (χ2n) is 5.82. The number of ether oxygens (including phenoxy) is 1. The Bertz CT molecular complexity index is 810. The molecule has 1 heterocycles. The van der Waals surface area contributed by atoms with Crippen molar-refractivity contribution in [3.05, 3.63) is 64.1 Å². The molecule has 0 spiro atoms. The number of hydrogen-bond donors (Lipinski definition) is 1. The summed E-state index contributed by atoms with van der Waals surface area (Å²) in [6.45, 7) is 1.99. The maximum absolute atomic E-state index is 12.8. The Balaban J connectivity index is 1.68. The van der Waals surface area contributed by atoms with E-state index in [4.69, 9.17) is 27.9 Å². The Labute approximate surface area is 155 Å². The lowest BCUT2D eigenvalue weighted by molar-refractivity contribution is -0.131. The van der Waals surface area contributed by atoms with Gasteiger partial charge in [0.15, 0.2) is 0 Å². The number of benzene rings is 2. The van der Waals surface area contributed by atoms with Crippen molar-refractivity contribution in [2.45, 2.75) is 12.5 Å². The predicted octanol–water partition coefficient (Wildman–Crippen LogP) is 3.84. The van der Waals surface area contributed by atoms with Gasteiger partial charge in [-0.15, -0.1) is 0 Å². The Morgan fingerprint density at radius 2 is 1.80 bits per heavy atom. The summed E-state index contributed by atoms with van der Waals surface area (Å²) >= 11 is 11.8. The Morgan fingerprint density at radius 1 is 1.08 bits per heavy atom. The van der Waals surface area contributed by atoms with Crippen molar-refractivity contribution in [3.8, 4) is 5.75 Å². The Morgan fingerprint density at radius 3 is 2.48 bits per heavy atom. The summed E-state index contributed by atoms with van der Waals surface area (Å²) in [4.78, 5) is 26.1. The van der Waals surface area contributed by atoms with E-state index in [1.54, 1.807) is 55.5 Å². The minimum Gasteiger partial charge on any atom is -0.492 e. The third-order valence-electron chi connectivity index (χ3n) is 4.07. The first kappa shape index (κ1) is 17.6. The van der Waals surface area contributed by atoms with Crippen LogP contribution in [0, 0.1) is 0 Å². The highest BCUT2D eigenvalue weighted by Crippen LogP contribution is 2.30. The minimum atomic E-state index is -1.14. The molecule has 0 radical (unpaired) electrons. The first-order chi connectivity index (χ1) is 11.9. The van der Waals surface area contributed by atoms with Gasteiger partial charge in [-0.2, -0.15) is 0 Å². The zero-order valence-corrected chi connectivity index (χ0v) is 15.0. The largest absolute Gasteiger partial charge is 0.492 e. The number of carbonyl (C=O) groups excluding carboxylic acids is 2. The molecule has 1 aliphatic rings. The van der Waals surface area contributed by atoms with E-state index < -0.39 is 11.6 Å². The van der Waals surface area contributed by atoms with Crippen LogP contribution in [0.15, 0.2) is 48.5 Å². The number of urea groups is 1. The lowest BCUT2D eigenvalue weighted by Crippen LogP contribution is -2.41. The van der Waals surface area contributed by atoms with Crippen LogP contribution in [0.25, 0.3) is 0 Å². The topological polar surface area (TPSA) is 58.6 Å². The van der Waals surface area contributed by atoms with E-state index in [1.807, 2.05) is 0 Å². The summed E-state index contributed by atoms with van der Waals surface area (Å²) in [5.41, 5.74) is -0.498. The number of rotatable bonds is 5. The summed E-state index contributed by atoms with van der Waals surface area (Å²) < 4.78 is 5.56. The summed E-state index contributed by atoms with van der Waals surface area (Å²) in [5, 5.41) is 3.85. The van der Waals surface area contributed by atoms with Gasteiger partial charge in [0.2, 0.25) is 0 Å². The predicted molar refractivity (Wildman–Crippen MR) is 96.0 cm³/mol. The Kier molecular flexibility index (Phi) is 4.88. The molecular formula is C18H16Cl2N2O3. The zero-order valence-electron chi connectivity index (χ0n) is 13.5. The molecule has 2 aromatic rings. The summed E-state index contributed by atoms with van der Waals surface area (Å²) in [5.74, 6) is 0.286. The third-order valence-corrected chi connectivity index (χ3v) is 4.56. The second-order valence-corrected chi connectivity index (χ2v) is 6.70. The summed E-state index contributed by atoms with van der Waals surface area (Å²) in [6, 6.07) is 13.3. The second kappa shape index (κ2) is 6.94. The average Bonchev–Trinajstić information content (AvgIpc) is 2.81. The molecular weight excluding hydrogens is 363 g/mol. The zero-order chi connectivity index (χ0) is 18.0. The molecule has 1 N–H and O–H groups in total. The van der Waals surface area contributed by atoms with E-state index in [0.29, 0.717) is 21.4 Å². The van der Waals surface area contributed by atoms with Gasteiger partial charge in [0.25, 0.3) is 5.91 Å². The van der Waals surface area contributed by atoms with Crippen LogP contribution in [-0.4, -0.2) is 30.0 Å². The molecule has 1 saturated heterocycles. The summed E-state index contributed by atoms with van der Waals surface area (Å²) in [6.07, 6.45) is 0. The first-order valence-electron chi connectivity index (χ1n) is 7.69. The molecule has 1 aliphatic heterocycles. The van der Waals surface area contributed by atoms with E-state index >= 15 is 0 Å². The fourth-order valence-corrected chi connectivity index (χ4v) is 3.00. The average molecular weight is 379 g/mol. The number of amides is 3. The van der Waals surface area contributed by atoms with Gasteiger partial charge in [-0.1, -0.05) is 35.3 Å². The number of carbonyl (C=O) groups is 2. The lowest BCUT2D eigenvalue weighted by Gasteiger charge is -2.22. The minimum absolute atomic E-state index is 0.142. The fourth-order valence-electron chi connectivity index (χ4n) is 2.68. The normalized spacial score (nSPS) is 19.9. The van der Waals surface area contributed by atoms with E-state index in [1.165, 1.54) is 0 Å². The van der Waals surface area contributed by atoms with E-state index in [0.717, 1.165) is 4.90 Å². The van der Waals surface area contributed by atoms with Crippen LogP contribution in [0.1, 0.15) is 12.5 Å². The summed E-state index contributed by atoms with van der Waals surface area (Å²) in [7, 11) is 0. The quantitative estimate of drug-likeness (QED) is 0.804. The molecule has 7 heteroatoms. The van der Waals surface area contributed by atoms with Crippen LogP contribution >= 0.6 is 23.2 Å². The van der Waals surface area contributed by atoms with Gasteiger partial charge in [0.1, 0.15) is 17.9 Å². The van der Waals surface area contributed by atoms with Gasteiger partial charge in [0, 0.05) is 10.0 Å². The molecule has 1 fully saturated rings. The van der Waals surface area contributed by atoms with Gasteiger partial charge in [0.05, 0.1) is 6.54 Å². The van der Waals surface area contributed by atoms with Crippen LogP contribution < -0.4 is 10.1 Å². The smallest absolute Gasteiger partial charge is 0.325 e. The lowest BCUT2D eigenvalue weighted by atomic mass is 9.92. The van der Waals surface area contributed by atoms with Crippen molar-refractivity contribution in [2.24, 2.45) is 0 Å². The molecule has 1 unspecified atom stereocenters. The van der Waals surface area contributed by atoms with Crippen LogP contribution in [0.5, 0.6) is 5.75 Å². The van der Waals surface area contributed by atoms with Crippen molar-refractivity contribution in [2.75, 3.05) is 13.2 Å². The molecule has 25 heavy (non-hydrogen) atoms. The number of nitrogens with zero attached hydrogens (tertiary/aromatic N) is 1. The molecule has 3 rings (SSSR count). The number of nitrogens with one attached hydrogen (secondary N) is 1. The molecule has 3 amide bonds. The van der Waals surface area contributed by atoms with E-state index in [9.17, 15) is 9.59 Å². The van der Waals surface area contributed by atoms with Gasteiger partial charge < -0.3 is 10.1 Å². The molecule has 0 aromatic heterocycles. The number of hydrogen-bond acceptors (Lipinski definition) is 3. The Hall–Kier alpha value is -2.24. The maximum atomic E-state index is 12.8. The van der Waals surface area contributed by atoms with E-state index in [-0.39, 0.29) is 19.1 Å². The van der Waals surface area contributed by atoms with Crippen LogP contribution in [0.2, 0.25) is 10.0 Å². The first-order valence-corrected chi connectivity index (χ1v) is 8.44. The fraction of sp³-hybridized carbons (Fsp3) is 0.222. The van der Waals surface area contributed by atoms with Crippen molar-refractivity contribution < 1.29 is 14.3 Å². The molecule has 0 saturated carbocycles. The van der Waals surface area contributed by atoms with Gasteiger partial charge in [-0.3, -0.25) is 9.69 Å². The highest BCUT2D eigenvalue weighted by atomic mass is 35.5. The molecule has 2 aromatic carbocycles. The van der Waals surface area contributed by atoms with Crippen LogP contribution in [-0.2, 0) is 10.3 Å². The highest BCUT2D eigenvalue weighted by Gasteiger charge is 2.48. The molecule has 1 atom stereocenters. The molecule has 5 nitrogen and oxygen atoms in total. The monoisotopic (exact) mass is 378 g/mol. The molecule has 0 aliphatic carbocycles. The number of imide groups is 1. The van der Waals surface area contributed by atoms with Gasteiger partial charge in [-0.25, -0.2) is 4.79 Å². The third kappa shape index (κ3) is 3.57. The van der Waals surface area contributed by atoms with Gasteiger partial charge >= 0.3 is 6.03 Å². The van der Waals surface area contributed by atoms with E-state index in [2.05, 4.69) is 5.32 Å².